The van der Waals surface area contributed by atoms with Gasteiger partial charge in [0, 0.05) is 28.3 Å². The summed E-state index contributed by atoms with van der Waals surface area (Å²) in [5.74, 6) is 0.593. The molecule has 2 atom stereocenters. The van der Waals surface area contributed by atoms with E-state index in [-0.39, 0.29) is 17.9 Å². The van der Waals surface area contributed by atoms with Crippen molar-refractivity contribution in [3.05, 3.63) is 142 Å². The van der Waals surface area contributed by atoms with Gasteiger partial charge < -0.3 is 10.0 Å². The molecule has 2 nitrogen and oxygen atoms in total. The smallest absolute Gasteiger partial charge is 0.0534 e. The van der Waals surface area contributed by atoms with Crippen molar-refractivity contribution in [3.8, 4) is 0 Å². The minimum Gasteiger partial charge on any atom is -0.395 e. The Bertz CT molecular complexity index is 1170. The van der Waals surface area contributed by atoms with Crippen molar-refractivity contribution in [2.24, 2.45) is 0 Å². The average molecular weight is 541 g/mol. The fourth-order valence-electron chi connectivity index (χ4n) is 5.98. The number of likely N-dealkylation sites (tertiary alicyclic amines) is 1. The Labute approximate surface area is 223 Å². The van der Waals surface area contributed by atoms with Crippen molar-refractivity contribution >= 4 is 15.9 Å². The van der Waals surface area contributed by atoms with Crippen LogP contribution in [-0.2, 0) is 5.41 Å². The number of hydrogen-bond acceptors (Lipinski definition) is 2. The number of nitrogens with zero attached hydrogens (tertiary/aromatic N) is 1. The minimum atomic E-state index is -0.274. The predicted octanol–water partition coefficient (Wildman–Crippen LogP) is 7.39. The van der Waals surface area contributed by atoms with Crippen LogP contribution in [0.3, 0.4) is 0 Å². The molecule has 4 aromatic carbocycles. The van der Waals surface area contributed by atoms with Gasteiger partial charge in [-0.1, -0.05) is 119 Å². The molecule has 184 valence electrons. The summed E-state index contributed by atoms with van der Waals surface area (Å²) in [5, 5.41) is 10.9. The summed E-state index contributed by atoms with van der Waals surface area (Å²) in [6.07, 6.45) is 2.01. The third kappa shape index (κ3) is 5.34. The lowest BCUT2D eigenvalue weighted by Crippen LogP contribution is -2.51. The SMILES string of the molecule is OCC1(c2ccccc2)CCN(CCC(c2ccccc2)c2ccccc2)CC1c1ccc(Br)cc1. The van der Waals surface area contributed by atoms with E-state index in [2.05, 4.69) is 136 Å². The average Bonchev–Trinajstić information content (AvgIpc) is 2.95. The Balaban J connectivity index is 1.41. The molecule has 1 heterocycles. The Hall–Kier alpha value is -2.72. The first kappa shape index (κ1) is 25.0. The van der Waals surface area contributed by atoms with E-state index in [1.807, 2.05) is 0 Å². The fourth-order valence-corrected chi connectivity index (χ4v) is 6.25. The van der Waals surface area contributed by atoms with E-state index in [0.717, 1.165) is 36.9 Å². The lowest BCUT2D eigenvalue weighted by molar-refractivity contribution is 0.0774. The normalized spacial score (nSPS) is 20.5. The molecule has 0 aromatic heterocycles. The Morgan fingerprint density at radius 3 is 1.89 bits per heavy atom. The monoisotopic (exact) mass is 539 g/mol. The highest BCUT2D eigenvalue weighted by Gasteiger charge is 2.44. The number of aliphatic hydroxyl groups excluding tert-OH is 1. The molecule has 3 heteroatoms. The molecule has 1 N–H and O–H groups in total. The Kier molecular flexibility index (Phi) is 8.01. The number of benzene rings is 4. The van der Waals surface area contributed by atoms with Gasteiger partial charge in [0.05, 0.1) is 6.61 Å². The highest BCUT2D eigenvalue weighted by Crippen LogP contribution is 2.45. The third-order valence-corrected chi connectivity index (χ3v) is 8.55. The molecule has 4 aromatic rings. The molecule has 1 aliphatic heterocycles. The largest absolute Gasteiger partial charge is 0.395 e. The summed E-state index contributed by atoms with van der Waals surface area (Å²) >= 11 is 3.60. The highest BCUT2D eigenvalue weighted by atomic mass is 79.9. The van der Waals surface area contributed by atoms with E-state index < -0.39 is 0 Å². The van der Waals surface area contributed by atoms with Gasteiger partial charge in [0.1, 0.15) is 0 Å². The van der Waals surface area contributed by atoms with E-state index >= 15 is 0 Å². The molecular formula is C33H34BrNO. The van der Waals surface area contributed by atoms with Crippen molar-refractivity contribution in [2.45, 2.75) is 30.1 Å². The van der Waals surface area contributed by atoms with Crippen LogP contribution in [0.15, 0.2) is 120 Å². The molecule has 0 saturated carbocycles. The summed E-state index contributed by atoms with van der Waals surface area (Å²) in [7, 11) is 0. The first-order valence-corrected chi connectivity index (χ1v) is 13.7. The van der Waals surface area contributed by atoms with Crippen LogP contribution in [0.2, 0.25) is 0 Å². The van der Waals surface area contributed by atoms with Gasteiger partial charge in [0.25, 0.3) is 0 Å². The molecule has 0 aliphatic carbocycles. The van der Waals surface area contributed by atoms with Crippen LogP contribution in [0.4, 0.5) is 0 Å². The van der Waals surface area contributed by atoms with Gasteiger partial charge in [-0.2, -0.15) is 0 Å². The lowest BCUT2D eigenvalue weighted by Gasteiger charge is -2.48. The number of hydrogen-bond donors (Lipinski definition) is 1. The highest BCUT2D eigenvalue weighted by molar-refractivity contribution is 9.10. The van der Waals surface area contributed by atoms with Gasteiger partial charge in [-0.3, -0.25) is 0 Å². The van der Waals surface area contributed by atoms with Crippen LogP contribution in [0, 0.1) is 0 Å². The zero-order chi connectivity index (χ0) is 24.8. The van der Waals surface area contributed by atoms with Gasteiger partial charge >= 0.3 is 0 Å². The second-order valence-corrected chi connectivity index (χ2v) is 10.9. The molecular weight excluding hydrogens is 506 g/mol. The molecule has 0 amide bonds. The molecule has 2 unspecified atom stereocenters. The molecule has 1 saturated heterocycles. The van der Waals surface area contributed by atoms with Crippen molar-refractivity contribution in [1.82, 2.24) is 4.90 Å². The summed E-state index contributed by atoms with van der Waals surface area (Å²) in [6.45, 7) is 3.10. The maximum Gasteiger partial charge on any atom is 0.0534 e. The van der Waals surface area contributed by atoms with Crippen molar-refractivity contribution < 1.29 is 5.11 Å². The zero-order valence-corrected chi connectivity index (χ0v) is 22.2. The standard InChI is InChI=1S/C33H34BrNO/c34-30-18-16-28(17-19-30)32-24-35(23-21-33(32,25-36)29-14-8-3-9-15-29)22-20-31(26-10-4-1-5-11-26)27-12-6-2-7-13-27/h1-19,31-32,36H,20-25H2. The van der Waals surface area contributed by atoms with Crippen molar-refractivity contribution in [3.63, 3.8) is 0 Å². The lowest BCUT2D eigenvalue weighted by atomic mass is 9.64. The zero-order valence-electron chi connectivity index (χ0n) is 20.6. The Morgan fingerprint density at radius 2 is 1.33 bits per heavy atom. The molecule has 1 fully saturated rings. The van der Waals surface area contributed by atoms with E-state index in [4.69, 9.17) is 0 Å². The Morgan fingerprint density at radius 1 is 0.778 bits per heavy atom. The summed E-state index contributed by atoms with van der Waals surface area (Å²) in [4.78, 5) is 2.61. The molecule has 0 radical (unpaired) electrons. The van der Waals surface area contributed by atoms with Gasteiger partial charge in [0.2, 0.25) is 0 Å². The first-order chi connectivity index (χ1) is 17.7. The topological polar surface area (TPSA) is 23.5 Å². The molecule has 0 spiro atoms. The minimum absolute atomic E-state index is 0.155. The summed E-state index contributed by atoms with van der Waals surface area (Å²) in [6, 6.07) is 41.1. The number of aliphatic hydroxyl groups is 1. The number of piperidine rings is 1. The fraction of sp³-hybridized carbons (Fsp3) is 0.273. The van der Waals surface area contributed by atoms with E-state index in [1.54, 1.807) is 0 Å². The van der Waals surface area contributed by atoms with Crippen molar-refractivity contribution in [1.29, 1.82) is 0 Å². The maximum atomic E-state index is 10.9. The van der Waals surface area contributed by atoms with Gasteiger partial charge in [-0.25, -0.2) is 0 Å². The quantitative estimate of drug-likeness (QED) is 0.252. The van der Waals surface area contributed by atoms with Gasteiger partial charge in [-0.05, 0) is 60.3 Å². The van der Waals surface area contributed by atoms with Gasteiger partial charge in [0.15, 0.2) is 0 Å². The van der Waals surface area contributed by atoms with Crippen LogP contribution in [-0.4, -0.2) is 36.2 Å². The predicted molar refractivity (Wildman–Crippen MR) is 152 cm³/mol. The molecule has 0 bridgehead atoms. The summed E-state index contributed by atoms with van der Waals surface area (Å²) in [5.41, 5.74) is 5.01. The maximum absolute atomic E-state index is 10.9. The van der Waals surface area contributed by atoms with E-state index in [1.165, 1.54) is 22.3 Å². The third-order valence-electron chi connectivity index (χ3n) is 8.02. The van der Waals surface area contributed by atoms with Crippen LogP contribution in [0.5, 0.6) is 0 Å². The van der Waals surface area contributed by atoms with Gasteiger partial charge in [-0.15, -0.1) is 0 Å². The number of rotatable bonds is 8. The second kappa shape index (κ2) is 11.6. The van der Waals surface area contributed by atoms with Crippen LogP contribution in [0.1, 0.15) is 46.9 Å². The van der Waals surface area contributed by atoms with E-state index in [0.29, 0.717) is 5.92 Å². The summed E-state index contributed by atoms with van der Waals surface area (Å²) < 4.78 is 1.08. The van der Waals surface area contributed by atoms with Crippen LogP contribution in [0.25, 0.3) is 0 Å². The molecule has 36 heavy (non-hydrogen) atoms. The van der Waals surface area contributed by atoms with Crippen LogP contribution >= 0.6 is 15.9 Å². The number of halogens is 1. The molecule has 5 rings (SSSR count). The second-order valence-electron chi connectivity index (χ2n) is 10.00. The first-order valence-electron chi connectivity index (χ1n) is 12.9. The van der Waals surface area contributed by atoms with E-state index in [9.17, 15) is 5.11 Å². The molecule has 1 aliphatic rings. The van der Waals surface area contributed by atoms with Crippen LogP contribution < -0.4 is 0 Å². The van der Waals surface area contributed by atoms with Crippen molar-refractivity contribution in [2.75, 3.05) is 26.2 Å².